The number of carbonyl (C=O) groups is 1. The molecule has 1 aliphatic rings. The molecular weight excluding hydrogens is 240 g/mol. The number of aryl methyl sites for hydroxylation is 1. The molecule has 1 N–H and O–H groups in total. The number of pyridine rings is 1. The van der Waals surface area contributed by atoms with E-state index in [1.54, 1.807) is 6.07 Å². The maximum atomic E-state index is 12.0. The third-order valence-electron chi connectivity index (χ3n) is 2.93. The first-order chi connectivity index (χ1) is 8.08. The Morgan fingerprint density at radius 2 is 2.41 bits per heavy atom. The highest BCUT2D eigenvalue weighted by molar-refractivity contribution is 6.33. The molecule has 2 rings (SSSR count). The summed E-state index contributed by atoms with van der Waals surface area (Å²) in [6, 6.07) is 1.74. The predicted molar refractivity (Wildman–Crippen MR) is 65.3 cm³/mol. The van der Waals surface area contributed by atoms with Gasteiger partial charge in [-0.05, 0) is 26.3 Å². The van der Waals surface area contributed by atoms with Crippen LogP contribution in [0.4, 0.5) is 0 Å². The van der Waals surface area contributed by atoms with Gasteiger partial charge >= 0.3 is 0 Å². The Morgan fingerprint density at radius 3 is 3.00 bits per heavy atom. The topological polar surface area (TPSA) is 51.2 Å². The fourth-order valence-corrected chi connectivity index (χ4v) is 2.15. The molecule has 0 aromatic carbocycles. The molecule has 17 heavy (non-hydrogen) atoms. The summed E-state index contributed by atoms with van der Waals surface area (Å²) in [5.41, 5.74) is 1.21. The second-order valence-electron chi connectivity index (χ2n) is 4.25. The van der Waals surface area contributed by atoms with Crippen LogP contribution in [0.2, 0.25) is 5.02 Å². The van der Waals surface area contributed by atoms with Crippen LogP contribution in [0.15, 0.2) is 12.3 Å². The van der Waals surface area contributed by atoms with E-state index < -0.39 is 0 Å². The highest BCUT2D eigenvalue weighted by Gasteiger charge is 2.26. The monoisotopic (exact) mass is 254 g/mol. The first-order valence-corrected chi connectivity index (χ1v) is 6.00. The Bertz CT molecular complexity index is 437. The minimum absolute atomic E-state index is 0.0520. The van der Waals surface area contributed by atoms with Crippen molar-refractivity contribution in [2.24, 2.45) is 0 Å². The van der Waals surface area contributed by atoms with Crippen molar-refractivity contribution in [2.75, 3.05) is 6.61 Å². The van der Waals surface area contributed by atoms with Gasteiger partial charge in [0.1, 0.15) is 0 Å². The van der Waals surface area contributed by atoms with Gasteiger partial charge in [-0.25, -0.2) is 0 Å². The highest BCUT2D eigenvalue weighted by atomic mass is 35.5. The highest BCUT2D eigenvalue weighted by Crippen LogP contribution is 2.18. The van der Waals surface area contributed by atoms with E-state index in [1.807, 2.05) is 13.8 Å². The summed E-state index contributed by atoms with van der Waals surface area (Å²) < 4.78 is 5.39. The molecule has 1 fully saturated rings. The van der Waals surface area contributed by atoms with Gasteiger partial charge in [0.05, 0.1) is 22.7 Å². The number of hydrogen-bond donors (Lipinski definition) is 1. The largest absolute Gasteiger partial charge is 0.376 e. The van der Waals surface area contributed by atoms with Crippen LogP contribution in [-0.4, -0.2) is 29.6 Å². The molecule has 0 aliphatic carbocycles. The normalized spacial score (nSPS) is 23.7. The second-order valence-corrected chi connectivity index (χ2v) is 4.66. The second kappa shape index (κ2) is 5.02. The zero-order chi connectivity index (χ0) is 12.4. The molecule has 0 saturated carbocycles. The summed E-state index contributed by atoms with van der Waals surface area (Å²) in [4.78, 5) is 16.1. The zero-order valence-electron chi connectivity index (χ0n) is 9.87. The van der Waals surface area contributed by atoms with Crippen LogP contribution < -0.4 is 5.32 Å². The van der Waals surface area contributed by atoms with Crippen molar-refractivity contribution in [3.8, 4) is 0 Å². The van der Waals surface area contributed by atoms with Gasteiger partial charge in [-0.2, -0.15) is 0 Å². The van der Waals surface area contributed by atoms with Crippen LogP contribution in [0.1, 0.15) is 29.4 Å². The maximum absolute atomic E-state index is 12.0. The molecule has 1 aromatic rings. The molecule has 0 radical (unpaired) electrons. The van der Waals surface area contributed by atoms with Gasteiger partial charge in [0.15, 0.2) is 0 Å². The Balaban J connectivity index is 2.09. The van der Waals surface area contributed by atoms with Gasteiger partial charge in [-0.1, -0.05) is 11.6 Å². The third-order valence-corrected chi connectivity index (χ3v) is 3.24. The van der Waals surface area contributed by atoms with Crippen molar-refractivity contribution in [3.63, 3.8) is 0 Å². The van der Waals surface area contributed by atoms with Crippen LogP contribution in [-0.2, 0) is 4.74 Å². The van der Waals surface area contributed by atoms with E-state index in [0.29, 0.717) is 17.2 Å². The first-order valence-electron chi connectivity index (χ1n) is 5.62. The van der Waals surface area contributed by atoms with E-state index in [1.165, 1.54) is 6.20 Å². The summed E-state index contributed by atoms with van der Waals surface area (Å²) in [6.45, 7) is 4.47. The van der Waals surface area contributed by atoms with E-state index in [-0.39, 0.29) is 18.1 Å². The lowest BCUT2D eigenvalue weighted by atomic mass is 10.1. The molecule has 0 spiro atoms. The first kappa shape index (κ1) is 12.3. The minimum Gasteiger partial charge on any atom is -0.376 e. The van der Waals surface area contributed by atoms with Gasteiger partial charge < -0.3 is 10.1 Å². The molecule has 1 saturated heterocycles. The van der Waals surface area contributed by atoms with Crippen molar-refractivity contribution in [3.05, 3.63) is 28.5 Å². The minimum atomic E-state index is -0.190. The average molecular weight is 255 g/mol. The fraction of sp³-hybridized carbons (Fsp3) is 0.500. The van der Waals surface area contributed by atoms with Crippen molar-refractivity contribution in [2.45, 2.75) is 32.4 Å². The standard InChI is InChI=1S/C12H15ClN2O2/c1-7-5-10(13)9(6-14-7)12(16)15-11-3-4-17-8(11)2/h5-6,8,11H,3-4H2,1-2H3,(H,15,16). The van der Waals surface area contributed by atoms with Gasteiger partial charge in [-0.15, -0.1) is 0 Å². The molecule has 2 heterocycles. The van der Waals surface area contributed by atoms with Crippen LogP contribution in [0, 0.1) is 6.92 Å². The zero-order valence-corrected chi connectivity index (χ0v) is 10.6. The number of aromatic nitrogens is 1. The molecule has 5 heteroatoms. The number of ether oxygens (including phenoxy) is 1. The van der Waals surface area contributed by atoms with E-state index >= 15 is 0 Å². The van der Waals surface area contributed by atoms with Crippen LogP contribution in [0.5, 0.6) is 0 Å². The van der Waals surface area contributed by atoms with Crippen molar-refractivity contribution < 1.29 is 9.53 Å². The number of halogens is 1. The summed E-state index contributed by atoms with van der Waals surface area (Å²) in [6.07, 6.45) is 2.40. The van der Waals surface area contributed by atoms with E-state index in [0.717, 1.165) is 12.1 Å². The van der Waals surface area contributed by atoms with Gasteiger partial charge in [0, 0.05) is 18.5 Å². The third kappa shape index (κ3) is 2.76. The van der Waals surface area contributed by atoms with Crippen LogP contribution in [0.25, 0.3) is 0 Å². The molecule has 2 unspecified atom stereocenters. The number of nitrogens with zero attached hydrogens (tertiary/aromatic N) is 1. The van der Waals surface area contributed by atoms with Crippen LogP contribution >= 0.6 is 11.6 Å². The van der Waals surface area contributed by atoms with Gasteiger partial charge in [0.2, 0.25) is 0 Å². The molecule has 2 atom stereocenters. The number of hydrogen-bond acceptors (Lipinski definition) is 3. The number of rotatable bonds is 2. The van der Waals surface area contributed by atoms with E-state index in [4.69, 9.17) is 16.3 Å². The van der Waals surface area contributed by atoms with Crippen molar-refractivity contribution in [1.82, 2.24) is 10.3 Å². The Kier molecular flexibility index (Phi) is 3.64. The lowest BCUT2D eigenvalue weighted by molar-refractivity contribution is 0.0866. The smallest absolute Gasteiger partial charge is 0.254 e. The number of nitrogens with one attached hydrogen (secondary N) is 1. The summed E-state index contributed by atoms with van der Waals surface area (Å²) in [5, 5.41) is 3.35. The Hall–Kier alpha value is -1.13. The molecule has 4 nitrogen and oxygen atoms in total. The number of carbonyl (C=O) groups excluding carboxylic acids is 1. The van der Waals surface area contributed by atoms with Gasteiger partial charge in [0.25, 0.3) is 5.91 Å². The molecule has 1 aromatic heterocycles. The molecule has 1 amide bonds. The van der Waals surface area contributed by atoms with Gasteiger partial charge in [-0.3, -0.25) is 9.78 Å². The van der Waals surface area contributed by atoms with Crippen LogP contribution in [0.3, 0.4) is 0 Å². The predicted octanol–water partition coefficient (Wildman–Crippen LogP) is 1.95. The summed E-state index contributed by atoms with van der Waals surface area (Å²) in [5.74, 6) is -0.190. The molecular formula is C12H15ClN2O2. The maximum Gasteiger partial charge on any atom is 0.254 e. The van der Waals surface area contributed by atoms with E-state index in [2.05, 4.69) is 10.3 Å². The lowest BCUT2D eigenvalue weighted by Gasteiger charge is -2.16. The lowest BCUT2D eigenvalue weighted by Crippen LogP contribution is -2.39. The van der Waals surface area contributed by atoms with Crippen molar-refractivity contribution in [1.29, 1.82) is 0 Å². The van der Waals surface area contributed by atoms with Crippen molar-refractivity contribution >= 4 is 17.5 Å². The van der Waals surface area contributed by atoms with E-state index in [9.17, 15) is 4.79 Å². The average Bonchev–Trinajstić information content (AvgIpc) is 2.64. The molecule has 92 valence electrons. The Morgan fingerprint density at radius 1 is 1.65 bits per heavy atom. The fourth-order valence-electron chi connectivity index (χ4n) is 1.86. The Labute approximate surface area is 105 Å². The molecule has 0 bridgehead atoms. The summed E-state index contributed by atoms with van der Waals surface area (Å²) in [7, 11) is 0. The SMILES string of the molecule is Cc1cc(Cl)c(C(=O)NC2CCOC2C)cn1. The number of amides is 1. The molecule has 1 aliphatic heterocycles. The quantitative estimate of drug-likeness (QED) is 0.878. The summed E-state index contributed by atoms with van der Waals surface area (Å²) >= 11 is 6.01.